The van der Waals surface area contributed by atoms with Gasteiger partial charge in [-0.15, -0.1) is 0 Å². The smallest absolute Gasteiger partial charge is 0.338 e. The maximum atomic E-state index is 12.9. The Hall–Kier alpha value is -1.87. The summed E-state index contributed by atoms with van der Waals surface area (Å²) in [6.45, 7) is 1.83. The molecule has 0 aromatic heterocycles. The largest absolute Gasteiger partial charge is 0.457 e. The Morgan fingerprint density at radius 2 is 1.89 bits per heavy atom. The molecule has 0 heterocycles. The number of rotatable bonds is 3. The molecule has 0 radical (unpaired) electrons. The summed E-state index contributed by atoms with van der Waals surface area (Å²) in [6.07, 6.45) is 0. The Kier molecular flexibility index (Phi) is 4.17. The van der Waals surface area contributed by atoms with Gasteiger partial charge in [0.05, 0.1) is 5.56 Å². The highest BCUT2D eigenvalue weighted by molar-refractivity contribution is 6.30. The molecule has 2 aromatic rings. The van der Waals surface area contributed by atoms with Crippen LogP contribution in [0.15, 0.2) is 42.5 Å². The van der Waals surface area contributed by atoms with E-state index < -0.39 is 5.97 Å². The van der Waals surface area contributed by atoms with E-state index in [4.69, 9.17) is 16.3 Å². The molecule has 0 aliphatic heterocycles. The molecule has 0 amide bonds. The fourth-order valence-electron chi connectivity index (χ4n) is 1.66. The summed E-state index contributed by atoms with van der Waals surface area (Å²) >= 11 is 5.76. The third kappa shape index (κ3) is 3.55. The van der Waals surface area contributed by atoms with Gasteiger partial charge in [0.1, 0.15) is 12.4 Å². The van der Waals surface area contributed by atoms with Crippen LogP contribution in [0.4, 0.5) is 4.39 Å². The van der Waals surface area contributed by atoms with Crippen LogP contribution < -0.4 is 0 Å². The van der Waals surface area contributed by atoms with Gasteiger partial charge in [-0.05, 0) is 48.4 Å². The number of carbonyl (C=O) groups excluding carboxylic acids is 1. The van der Waals surface area contributed by atoms with E-state index in [9.17, 15) is 9.18 Å². The van der Waals surface area contributed by atoms with Crippen LogP contribution in [0.1, 0.15) is 21.5 Å². The Morgan fingerprint density at radius 3 is 2.53 bits per heavy atom. The summed E-state index contributed by atoms with van der Waals surface area (Å²) in [7, 11) is 0. The van der Waals surface area contributed by atoms with Crippen LogP contribution >= 0.6 is 11.6 Å². The van der Waals surface area contributed by atoms with E-state index in [1.54, 1.807) is 31.2 Å². The minimum absolute atomic E-state index is 0.160. The van der Waals surface area contributed by atoms with Crippen LogP contribution in [0.2, 0.25) is 5.02 Å². The first kappa shape index (κ1) is 13.6. The van der Waals surface area contributed by atoms with Gasteiger partial charge in [0.15, 0.2) is 0 Å². The minimum atomic E-state index is -0.465. The van der Waals surface area contributed by atoms with Crippen molar-refractivity contribution in [2.75, 3.05) is 0 Å². The van der Waals surface area contributed by atoms with Gasteiger partial charge in [-0.1, -0.05) is 23.7 Å². The predicted molar refractivity (Wildman–Crippen MR) is 71.7 cm³/mol. The van der Waals surface area contributed by atoms with Crippen LogP contribution in [0, 0.1) is 12.7 Å². The van der Waals surface area contributed by atoms with Crippen molar-refractivity contribution in [2.24, 2.45) is 0 Å². The van der Waals surface area contributed by atoms with Crippen molar-refractivity contribution in [3.63, 3.8) is 0 Å². The molecule has 0 saturated heterocycles. The fraction of sp³-hybridized carbons (Fsp3) is 0.133. The van der Waals surface area contributed by atoms with E-state index in [1.165, 1.54) is 18.2 Å². The van der Waals surface area contributed by atoms with Gasteiger partial charge < -0.3 is 4.74 Å². The average molecular weight is 279 g/mol. The molecular formula is C15H12ClFO2. The van der Waals surface area contributed by atoms with E-state index in [2.05, 4.69) is 0 Å². The zero-order valence-electron chi connectivity index (χ0n) is 10.3. The first-order valence-corrected chi connectivity index (χ1v) is 6.12. The fourth-order valence-corrected chi connectivity index (χ4v) is 1.79. The second-order valence-corrected chi connectivity index (χ2v) is 4.60. The molecule has 0 aliphatic carbocycles. The van der Waals surface area contributed by atoms with Gasteiger partial charge in [0, 0.05) is 5.02 Å². The molecule has 0 fully saturated rings. The molecule has 0 spiro atoms. The topological polar surface area (TPSA) is 26.3 Å². The summed E-state index contributed by atoms with van der Waals surface area (Å²) in [5.74, 6) is -0.834. The van der Waals surface area contributed by atoms with Gasteiger partial charge in [0.25, 0.3) is 0 Å². The zero-order valence-corrected chi connectivity index (χ0v) is 11.1. The first-order valence-electron chi connectivity index (χ1n) is 5.74. The highest BCUT2D eigenvalue weighted by atomic mass is 35.5. The summed E-state index contributed by atoms with van der Waals surface area (Å²) in [5, 5.41) is 0.629. The molecule has 2 aromatic carbocycles. The molecule has 0 N–H and O–H groups in total. The van der Waals surface area contributed by atoms with Gasteiger partial charge in [-0.25, -0.2) is 9.18 Å². The van der Waals surface area contributed by atoms with Crippen LogP contribution in [0.25, 0.3) is 0 Å². The number of esters is 1. The Morgan fingerprint density at radius 1 is 1.21 bits per heavy atom. The second kappa shape index (κ2) is 5.85. The lowest BCUT2D eigenvalue weighted by molar-refractivity contribution is 0.0472. The van der Waals surface area contributed by atoms with E-state index in [0.29, 0.717) is 16.1 Å². The molecule has 0 saturated carbocycles. The molecule has 98 valence electrons. The van der Waals surface area contributed by atoms with Crippen molar-refractivity contribution in [3.8, 4) is 0 Å². The van der Waals surface area contributed by atoms with E-state index in [1.807, 2.05) is 0 Å². The molecule has 0 bridgehead atoms. The van der Waals surface area contributed by atoms with Crippen LogP contribution in [-0.2, 0) is 11.3 Å². The number of benzene rings is 2. The molecule has 2 rings (SSSR count). The average Bonchev–Trinajstić information content (AvgIpc) is 2.37. The van der Waals surface area contributed by atoms with Crippen molar-refractivity contribution in [2.45, 2.75) is 13.5 Å². The summed E-state index contributed by atoms with van der Waals surface area (Å²) in [6, 6.07) is 11.0. The third-order valence-electron chi connectivity index (χ3n) is 2.69. The first-order chi connectivity index (χ1) is 9.06. The maximum Gasteiger partial charge on any atom is 0.338 e. The van der Waals surface area contributed by atoms with Crippen molar-refractivity contribution in [1.29, 1.82) is 0 Å². The molecule has 0 aliphatic rings. The van der Waals surface area contributed by atoms with Gasteiger partial charge in [0.2, 0.25) is 0 Å². The third-order valence-corrected chi connectivity index (χ3v) is 2.94. The quantitative estimate of drug-likeness (QED) is 0.789. The number of halogens is 2. The van der Waals surface area contributed by atoms with E-state index in [-0.39, 0.29) is 12.4 Å². The molecule has 0 unspecified atom stereocenters. The monoisotopic (exact) mass is 278 g/mol. The lowest BCUT2D eigenvalue weighted by atomic mass is 10.1. The number of carbonyl (C=O) groups is 1. The summed E-state index contributed by atoms with van der Waals surface area (Å²) in [4.78, 5) is 11.8. The van der Waals surface area contributed by atoms with E-state index >= 15 is 0 Å². The number of hydrogen-bond acceptors (Lipinski definition) is 2. The standard InChI is InChI=1S/C15H12ClFO2/c1-10-8-13(17)6-7-14(10)15(18)19-9-11-2-4-12(16)5-3-11/h2-8H,9H2,1H3. The van der Waals surface area contributed by atoms with Gasteiger partial charge in [-0.3, -0.25) is 0 Å². The Bertz CT molecular complexity index is 594. The van der Waals surface area contributed by atoms with Crippen LogP contribution in [0.5, 0.6) is 0 Å². The second-order valence-electron chi connectivity index (χ2n) is 4.16. The number of hydrogen-bond donors (Lipinski definition) is 0. The van der Waals surface area contributed by atoms with Crippen LogP contribution in [0.3, 0.4) is 0 Å². The Balaban J connectivity index is 2.03. The predicted octanol–water partition coefficient (Wildman–Crippen LogP) is 4.14. The zero-order chi connectivity index (χ0) is 13.8. The van der Waals surface area contributed by atoms with E-state index in [0.717, 1.165) is 5.56 Å². The van der Waals surface area contributed by atoms with Crippen molar-refractivity contribution >= 4 is 17.6 Å². The lowest BCUT2D eigenvalue weighted by Crippen LogP contribution is -2.07. The van der Waals surface area contributed by atoms with Crippen molar-refractivity contribution < 1.29 is 13.9 Å². The van der Waals surface area contributed by atoms with Crippen molar-refractivity contribution in [1.82, 2.24) is 0 Å². The number of ether oxygens (including phenoxy) is 1. The molecule has 0 atom stereocenters. The van der Waals surface area contributed by atoms with Crippen LogP contribution in [-0.4, -0.2) is 5.97 Å². The Labute approximate surface area is 115 Å². The highest BCUT2D eigenvalue weighted by Gasteiger charge is 2.11. The molecule has 19 heavy (non-hydrogen) atoms. The number of aryl methyl sites for hydroxylation is 1. The van der Waals surface area contributed by atoms with Gasteiger partial charge >= 0.3 is 5.97 Å². The lowest BCUT2D eigenvalue weighted by Gasteiger charge is -2.07. The molecule has 2 nitrogen and oxygen atoms in total. The van der Waals surface area contributed by atoms with Crippen molar-refractivity contribution in [3.05, 3.63) is 70.0 Å². The summed E-state index contributed by atoms with van der Waals surface area (Å²) < 4.78 is 18.1. The SMILES string of the molecule is Cc1cc(F)ccc1C(=O)OCc1ccc(Cl)cc1. The van der Waals surface area contributed by atoms with Gasteiger partial charge in [-0.2, -0.15) is 0 Å². The molecule has 4 heteroatoms. The normalized spacial score (nSPS) is 10.3. The molecular weight excluding hydrogens is 267 g/mol. The maximum absolute atomic E-state index is 12.9. The summed E-state index contributed by atoms with van der Waals surface area (Å²) in [5.41, 5.74) is 1.77. The minimum Gasteiger partial charge on any atom is -0.457 e. The highest BCUT2D eigenvalue weighted by Crippen LogP contribution is 2.14.